The molecule has 0 atom stereocenters. The zero-order valence-electron chi connectivity index (χ0n) is 16.6. The second kappa shape index (κ2) is 8.44. The van der Waals surface area contributed by atoms with E-state index in [1.807, 2.05) is 48.5 Å². The van der Waals surface area contributed by atoms with Gasteiger partial charge in [0.2, 0.25) is 0 Å². The van der Waals surface area contributed by atoms with Crippen LogP contribution in [0.15, 0.2) is 70.9 Å². The Kier molecular flexibility index (Phi) is 5.36. The predicted molar refractivity (Wildman–Crippen MR) is 118 cm³/mol. The van der Waals surface area contributed by atoms with Gasteiger partial charge in [-0.15, -0.1) is 10.2 Å². The highest BCUT2D eigenvalue weighted by molar-refractivity contribution is 7.99. The molecular weight excluding hydrogens is 394 g/mol. The smallest absolute Gasteiger partial charge is 0.253 e. The molecule has 0 saturated heterocycles. The molecule has 152 valence electrons. The fourth-order valence-corrected chi connectivity index (χ4v) is 4.45. The first-order valence-electron chi connectivity index (χ1n) is 10.3. The van der Waals surface area contributed by atoms with E-state index < -0.39 is 0 Å². The minimum Gasteiger partial charge on any atom is -0.301 e. The maximum absolute atomic E-state index is 12.8. The van der Waals surface area contributed by atoms with E-state index in [1.54, 1.807) is 5.01 Å². The molecule has 0 radical (unpaired) electrons. The van der Waals surface area contributed by atoms with Crippen molar-refractivity contribution in [2.45, 2.75) is 36.9 Å². The quantitative estimate of drug-likeness (QED) is 0.547. The molecule has 2 aliphatic rings. The van der Waals surface area contributed by atoms with Crippen LogP contribution in [0, 0.1) is 0 Å². The van der Waals surface area contributed by atoms with Gasteiger partial charge in [-0.05, 0) is 24.0 Å². The number of carbonyl (C=O) groups is 1. The van der Waals surface area contributed by atoms with Crippen LogP contribution in [-0.2, 0) is 11.3 Å². The highest BCUT2D eigenvalue weighted by Crippen LogP contribution is 2.40. The highest BCUT2D eigenvalue weighted by atomic mass is 32.2. The van der Waals surface area contributed by atoms with Gasteiger partial charge in [0.15, 0.2) is 5.16 Å². The van der Waals surface area contributed by atoms with Gasteiger partial charge in [0.05, 0.1) is 24.6 Å². The van der Waals surface area contributed by atoms with Crippen LogP contribution in [0.25, 0.3) is 0 Å². The van der Waals surface area contributed by atoms with Crippen molar-refractivity contribution in [1.29, 1.82) is 0 Å². The average Bonchev–Trinajstić information content (AvgIpc) is 3.37. The molecule has 7 heteroatoms. The normalized spacial score (nSPS) is 16.0. The summed E-state index contributed by atoms with van der Waals surface area (Å²) >= 11 is 1.45. The summed E-state index contributed by atoms with van der Waals surface area (Å²) in [5.74, 6) is 1.86. The third-order valence-corrected chi connectivity index (χ3v) is 6.34. The highest BCUT2D eigenvalue weighted by Gasteiger charge is 2.31. The molecule has 3 aromatic rings. The van der Waals surface area contributed by atoms with Crippen LogP contribution in [0.2, 0.25) is 0 Å². The van der Waals surface area contributed by atoms with Gasteiger partial charge in [-0.2, -0.15) is 5.10 Å². The van der Waals surface area contributed by atoms with Crippen LogP contribution in [0.1, 0.15) is 42.1 Å². The van der Waals surface area contributed by atoms with Gasteiger partial charge in [0.25, 0.3) is 5.91 Å². The van der Waals surface area contributed by atoms with Crippen molar-refractivity contribution < 1.29 is 4.79 Å². The first kappa shape index (κ1) is 19.1. The largest absolute Gasteiger partial charge is 0.301 e. The first-order chi connectivity index (χ1) is 14.8. The summed E-state index contributed by atoms with van der Waals surface area (Å²) in [7, 11) is 0. The Balaban J connectivity index is 1.27. The van der Waals surface area contributed by atoms with Crippen molar-refractivity contribution in [3.63, 3.8) is 0 Å². The zero-order chi connectivity index (χ0) is 20.3. The van der Waals surface area contributed by atoms with Gasteiger partial charge < -0.3 is 4.57 Å². The Morgan fingerprint density at radius 1 is 1.00 bits per heavy atom. The van der Waals surface area contributed by atoms with E-state index in [9.17, 15) is 4.79 Å². The van der Waals surface area contributed by atoms with E-state index in [-0.39, 0.29) is 5.91 Å². The summed E-state index contributed by atoms with van der Waals surface area (Å²) < 4.78 is 2.17. The third kappa shape index (κ3) is 4.16. The van der Waals surface area contributed by atoms with Crippen LogP contribution >= 0.6 is 11.8 Å². The molecule has 2 heterocycles. The van der Waals surface area contributed by atoms with E-state index in [0.29, 0.717) is 18.2 Å². The summed E-state index contributed by atoms with van der Waals surface area (Å²) in [4.78, 5) is 12.8. The maximum Gasteiger partial charge on any atom is 0.253 e. The molecule has 5 rings (SSSR count). The minimum atomic E-state index is 0.00756. The van der Waals surface area contributed by atoms with Gasteiger partial charge in [-0.1, -0.05) is 72.4 Å². The number of aromatic nitrogens is 3. The Hall–Kier alpha value is -2.93. The van der Waals surface area contributed by atoms with Crippen molar-refractivity contribution in [3.05, 3.63) is 77.6 Å². The van der Waals surface area contributed by atoms with Gasteiger partial charge in [-0.25, -0.2) is 5.01 Å². The first-order valence-corrected chi connectivity index (χ1v) is 11.3. The molecule has 1 aliphatic heterocycles. The van der Waals surface area contributed by atoms with Gasteiger partial charge >= 0.3 is 0 Å². The number of thioether (sulfide) groups is 1. The van der Waals surface area contributed by atoms with Crippen LogP contribution < -0.4 is 0 Å². The number of rotatable bonds is 7. The van der Waals surface area contributed by atoms with Crippen LogP contribution in [-0.4, -0.2) is 43.7 Å². The lowest BCUT2D eigenvalue weighted by atomic mass is 10.1. The lowest BCUT2D eigenvalue weighted by molar-refractivity contribution is -0.127. The molecular formula is C23H23N5OS. The summed E-state index contributed by atoms with van der Waals surface area (Å²) in [5.41, 5.74) is 3.26. The fourth-order valence-electron chi connectivity index (χ4n) is 3.64. The molecule has 6 nitrogen and oxygen atoms in total. The number of hydrazone groups is 1. The van der Waals surface area contributed by atoms with E-state index in [1.165, 1.54) is 30.2 Å². The van der Waals surface area contributed by atoms with Crippen molar-refractivity contribution in [2.75, 3.05) is 12.3 Å². The Bertz CT molecular complexity index is 1060. The molecule has 0 unspecified atom stereocenters. The number of benzene rings is 2. The lowest BCUT2D eigenvalue weighted by Gasteiger charge is -2.12. The molecule has 30 heavy (non-hydrogen) atoms. The molecule has 0 bridgehead atoms. The van der Waals surface area contributed by atoms with Crippen molar-refractivity contribution in [2.24, 2.45) is 5.10 Å². The predicted octanol–water partition coefficient (Wildman–Crippen LogP) is 3.93. The van der Waals surface area contributed by atoms with Crippen LogP contribution in [0.4, 0.5) is 0 Å². The molecule has 1 aromatic heterocycles. The SMILES string of the molecule is O=C(CSc1nnc(C2CC2)n1Cc1ccccc1)N1CCC(c2ccccc2)=N1. The van der Waals surface area contributed by atoms with E-state index in [0.717, 1.165) is 35.2 Å². The second-order valence-electron chi connectivity index (χ2n) is 7.66. The third-order valence-electron chi connectivity index (χ3n) is 5.39. The Morgan fingerprint density at radius 3 is 2.47 bits per heavy atom. The topological polar surface area (TPSA) is 63.4 Å². The summed E-state index contributed by atoms with van der Waals surface area (Å²) in [6.07, 6.45) is 3.12. The zero-order valence-corrected chi connectivity index (χ0v) is 17.5. The van der Waals surface area contributed by atoms with Gasteiger partial charge in [-0.3, -0.25) is 4.79 Å². The second-order valence-corrected chi connectivity index (χ2v) is 8.60. The number of hydrogen-bond donors (Lipinski definition) is 0. The molecule has 1 fully saturated rings. The standard InChI is InChI=1S/C23H23N5OS/c29-21(28-14-13-20(26-28)18-9-5-2-6-10-18)16-30-23-25-24-22(19-11-12-19)27(23)15-17-7-3-1-4-8-17/h1-10,19H,11-16H2. The maximum atomic E-state index is 12.8. The average molecular weight is 418 g/mol. The van der Waals surface area contributed by atoms with Crippen molar-refractivity contribution in [3.8, 4) is 0 Å². The molecule has 0 spiro atoms. The molecule has 1 aliphatic carbocycles. The van der Waals surface area contributed by atoms with E-state index in [4.69, 9.17) is 0 Å². The Morgan fingerprint density at radius 2 is 1.73 bits per heavy atom. The van der Waals surface area contributed by atoms with Gasteiger partial charge in [0, 0.05) is 12.3 Å². The fraction of sp³-hybridized carbons (Fsp3) is 0.304. The molecule has 0 N–H and O–H groups in total. The molecule has 1 saturated carbocycles. The Labute approximate surface area is 180 Å². The minimum absolute atomic E-state index is 0.00756. The summed E-state index contributed by atoms with van der Waals surface area (Å²) in [6, 6.07) is 20.4. The van der Waals surface area contributed by atoms with Crippen molar-refractivity contribution in [1.82, 2.24) is 19.8 Å². The van der Waals surface area contributed by atoms with Crippen LogP contribution in [0.5, 0.6) is 0 Å². The number of amides is 1. The summed E-state index contributed by atoms with van der Waals surface area (Å²) in [6.45, 7) is 1.36. The lowest BCUT2D eigenvalue weighted by Crippen LogP contribution is -2.25. The van der Waals surface area contributed by atoms with E-state index >= 15 is 0 Å². The number of hydrogen-bond acceptors (Lipinski definition) is 5. The molecule has 2 aromatic carbocycles. The van der Waals surface area contributed by atoms with Gasteiger partial charge in [0.1, 0.15) is 5.82 Å². The summed E-state index contributed by atoms with van der Waals surface area (Å²) in [5, 5.41) is 15.8. The molecule has 1 amide bonds. The number of nitrogens with zero attached hydrogens (tertiary/aromatic N) is 5. The van der Waals surface area contributed by atoms with E-state index in [2.05, 4.69) is 32.0 Å². The monoisotopic (exact) mass is 417 g/mol. The van der Waals surface area contributed by atoms with Crippen molar-refractivity contribution >= 4 is 23.4 Å². The van der Waals surface area contributed by atoms with Crippen LogP contribution in [0.3, 0.4) is 0 Å². The number of carbonyl (C=O) groups excluding carboxylic acids is 1.